The largest absolute Gasteiger partial charge is 0.378 e. The minimum absolute atomic E-state index is 0.221. The summed E-state index contributed by atoms with van der Waals surface area (Å²) in [6.45, 7) is 7.07. The van der Waals surface area contributed by atoms with E-state index in [4.69, 9.17) is 24.5 Å². The highest BCUT2D eigenvalue weighted by Gasteiger charge is 2.75. The molecule has 2 aliphatic carbocycles. The summed E-state index contributed by atoms with van der Waals surface area (Å²) < 4.78 is 12.7. The van der Waals surface area contributed by atoms with Crippen molar-refractivity contribution < 1.29 is 9.47 Å². The summed E-state index contributed by atoms with van der Waals surface area (Å²) in [5, 5.41) is 15.8. The number of piperazine rings is 1. The van der Waals surface area contributed by atoms with Crippen molar-refractivity contribution in [1.82, 2.24) is 24.6 Å². The highest BCUT2D eigenvalue weighted by Crippen LogP contribution is 2.78. The van der Waals surface area contributed by atoms with Crippen molar-refractivity contribution in [2.24, 2.45) is 5.41 Å². The van der Waals surface area contributed by atoms with Gasteiger partial charge in [0.15, 0.2) is 11.6 Å². The van der Waals surface area contributed by atoms with Crippen LogP contribution in [0, 0.1) is 16.7 Å². The summed E-state index contributed by atoms with van der Waals surface area (Å²) in [6, 6.07) is 12.0. The predicted molar refractivity (Wildman–Crippen MR) is 134 cm³/mol. The van der Waals surface area contributed by atoms with E-state index in [2.05, 4.69) is 41.0 Å². The number of rotatable bonds is 6. The van der Waals surface area contributed by atoms with Gasteiger partial charge in [-0.15, -0.1) is 0 Å². The zero-order chi connectivity index (χ0) is 24.5. The molecule has 0 unspecified atom stereocenters. The third-order valence-electron chi connectivity index (χ3n) is 8.82. The number of fused-ring (bicyclic) bond motifs is 1. The molecular formula is C27H31N7O2. The summed E-state index contributed by atoms with van der Waals surface area (Å²) in [5.74, 6) is 2.26. The molecule has 9 heteroatoms. The maximum Gasteiger partial charge on any atom is 0.159 e. The Balaban J connectivity index is 1.24. The van der Waals surface area contributed by atoms with E-state index in [1.54, 1.807) is 7.11 Å². The minimum atomic E-state index is -0.338. The van der Waals surface area contributed by atoms with Gasteiger partial charge in [0.2, 0.25) is 0 Å². The lowest BCUT2D eigenvalue weighted by atomic mass is 9.93. The molecule has 4 heterocycles. The molecule has 7 rings (SSSR count). The van der Waals surface area contributed by atoms with Crippen LogP contribution in [0.15, 0.2) is 30.5 Å². The first kappa shape index (κ1) is 22.2. The number of nitrogens with zero attached hydrogens (tertiary/aromatic N) is 7. The van der Waals surface area contributed by atoms with Gasteiger partial charge in [0.25, 0.3) is 0 Å². The highest BCUT2D eigenvalue weighted by molar-refractivity contribution is 5.82. The number of methoxy groups -OCH3 is 1. The van der Waals surface area contributed by atoms with Crippen LogP contribution in [0.4, 0.5) is 5.82 Å². The van der Waals surface area contributed by atoms with Gasteiger partial charge < -0.3 is 14.4 Å². The van der Waals surface area contributed by atoms with Crippen LogP contribution in [-0.4, -0.2) is 76.7 Å². The Bertz CT molecular complexity index is 1370. The zero-order valence-electron chi connectivity index (χ0n) is 20.9. The first-order valence-corrected chi connectivity index (χ1v) is 12.9. The van der Waals surface area contributed by atoms with Crippen molar-refractivity contribution in [2.75, 3.05) is 44.9 Å². The highest BCUT2D eigenvalue weighted by atomic mass is 16.5. The number of ether oxygens (including phenoxy) is 2. The Hall–Kier alpha value is -3.06. The second-order valence-electron chi connectivity index (χ2n) is 11.0. The van der Waals surface area contributed by atoms with Crippen LogP contribution < -0.4 is 4.90 Å². The maximum absolute atomic E-state index is 10.0. The molecule has 0 bridgehead atoms. The average molecular weight is 486 g/mol. The first-order chi connectivity index (χ1) is 17.6. The molecule has 0 radical (unpaired) electrons. The fourth-order valence-corrected chi connectivity index (χ4v) is 6.39. The van der Waals surface area contributed by atoms with Crippen LogP contribution >= 0.6 is 0 Å². The third-order valence-corrected chi connectivity index (χ3v) is 8.82. The molecule has 3 aromatic rings. The Morgan fingerprint density at radius 3 is 2.67 bits per heavy atom. The Morgan fingerprint density at radius 2 is 2.00 bits per heavy atom. The Labute approximate surface area is 210 Å². The molecule has 2 saturated heterocycles. The van der Waals surface area contributed by atoms with E-state index in [0.29, 0.717) is 24.5 Å². The fourth-order valence-electron chi connectivity index (χ4n) is 6.39. The number of hydrogen-bond donors (Lipinski definition) is 0. The van der Waals surface area contributed by atoms with Gasteiger partial charge in [-0.3, -0.25) is 4.90 Å². The lowest BCUT2D eigenvalue weighted by Gasteiger charge is -2.46. The van der Waals surface area contributed by atoms with Crippen molar-refractivity contribution in [3.63, 3.8) is 0 Å². The summed E-state index contributed by atoms with van der Waals surface area (Å²) in [6.07, 6.45) is 5.17. The van der Waals surface area contributed by atoms with E-state index in [1.165, 1.54) is 0 Å². The Morgan fingerprint density at radius 1 is 1.17 bits per heavy atom. The number of hydrogen-bond acceptors (Lipinski definition) is 8. The maximum atomic E-state index is 10.0. The van der Waals surface area contributed by atoms with Crippen LogP contribution in [0.1, 0.15) is 37.6 Å². The van der Waals surface area contributed by atoms with Crippen LogP contribution in [0.25, 0.3) is 16.7 Å². The SMILES string of the molecule is COCc1nc(N2CCN(C3COC3)[C@@H](C)C2)cc(-n2ncc3ccc([C@]4(C#N)CC45CC5)cc32)n1. The molecule has 0 N–H and O–H groups in total. The summed E-state index contributed by atoms with van der Waals surface area (Å²) >= 11 is 0. The van der Waals surface area contributed by atoms with Crippen molar-refractivity contribution in [3.05, 3.63) is 41.9 Å². The topological polar surface area (TPSA) is 92.3 Å². The van der Waals surface area contributed by atoms with Gasteiger partial charge in [0, 0.05) is 44.2 Å². The van der Waals surface area contributed by atoms with Crippen LogP contribution in [0.5, 0.6) is 0 Å². The first-order valence-electron chi connectivity index (χ1n) is 12.9. The van der Waals surface area contributed by atoms with E-state index in [1.807, 2.05) is 16.9 Å². The molecule has 186 valence electrons. The molecule has 2 saturated carbocycles. The van der Waals surface area contributed by atoms with Gasteiger partial charge in [-0.1, -0.05) is 12.1 Å². The van der Waals surface area contributed by atoms with Gasteiger partial charge in [0.05, 0.1) is 42.5 Å². The number of benzene rings is 1. The van der Waals surface area contributed by atoms with Gasteiger partial charge >= 0.3 is 0 Å². The quantitative estimate of drug-likeness (QED) is 0.526. The van der Waals surface area contributed by atoms with Crippen molar-refractivity contribution in [2.45, 2.75) is 50.3 Å². The van der Waals surface area contributed by atoms with E-state index >= 15 is 0 Å². The van der Waals surface area contributed by atoms with Crippen molar-refractivity contribution in [3.8, 4) is 11.9 Å². The monoisotopic (exact) mass is 485 g/mol. The second-order valence-corrected chi connectivity index (χ2v) is 11.0. The van der Waals surface area contributed by atoms with Gasteiger partial charge in [-0.2, -0.15) is 10.4 Å². The van der Waals surface area contributed by atoms with Gasteiger partial charge in [0.1, 0.15) is 12.4 Å². The van der Waals surface area contributed by atoms with E-state index in [0.717, 1.165) is 80.2 Å². The third kappa shape index (κ3) is 3.28. The van der Waals surface area contributed by atoms with E-state index in [9.17, 15) is 5.26 Å². The standard InChI is InChI=1S/C27H31N7O2/c1-18-12-32(7-8-33(18)21-13-36-14-21)24-10-25(31-23(30-24)15-35-2)34-22-9-20(4-3-19(22)11-29-34)27(17-28)16-26(27)5-6-26/h3-4,9-11,18,21H,5-8,12-16H2,1-2H3/t18-,27+/m0/s1. The molecule has 1 spiro atoms. The molecule has 36 heavy (non-hydrogen) atoms. The number of aromatic nitrogens is 4. The van der Waals surface area contributed by atoms with E-state index in [-0.39, 0.29) is 10.8 Å². The summed E-state index contributed by atoms with van der Waals surface area (Å²) in [5.41, 5.74) is 1.96. The molecule has 2 atom stereocenters. The lowest BCUT2D eigenvalue weighted by molar-refractivity contribution is -0.0793. The fraction of sp³-hybridized carbons (Fsp3) is 0.556. The van der Waals surface area contributed by atoms with Crippen LogP contribution in [0.3, 0.4) is 0 Å². The predicted octanol–water partition coefficient (Wildman–Crippen LogP) is 2.82. The molecule has 2 aromatic heterocycles. The molecule has 9 nitrogen and oxygen atoms in total. The minimum Gasteiger partial charge on any atom is -0.378 e. The molecule has 4 aliphatic rings. The van der Waals surface area contributed by atoms with Crippen LogP contribution in [0.2, 0.25) is 0 Å². The van der Waals surface area contributed by atoms with E-state index < -0.39 is 0 Å². The summed E-state index contributed by atoms with van der Waals surface area (Å²) in [7, 11) is 1.66. The summed E-state index contributed by atoms with van der Waals surface area (Å²) in [4.78, 5) is 14.5. The van der Waals surface area contributed by atoms with Crippen molar-refractivity contribution in [1.29, 1.82) is 5.26 Å². The smallest absolute Gasteiger partial charge is 0.159 e. The molecular weight excluding hydrogens is 454 g/mol. The van der Waals surface area contributed by atoms with Gasteiger partial charge in [-0.05, 0) is 43.2 Å². The van der Waals surface area contributed by atoms with Crippen LogP contribution in [-0.2, 0) is 21.5 Å². The van der Waals surface area contributed by atoms with Crippen molar-refractivity contribution >= 4 is 16.7 Å². The average Bonchev–Trinajstić information content (AvgIpc) is 3.73. The lowest BCUT2D eigenvalue weighted by Crippen LogP contribution is -2.60. The molecule has 4 fully saturated rings. The molecule has 2 aliphatic heterocycles. The molecule has 1 aromatic carbocycles. The number of anilines is 1. The molecule has 0 amide bonds. The normalized spacial score (nSPS) is 27.2. The zero-order valence-corrected chi connectivity index (χ0v) is 20.9. The van der Waals surface area contributed by atoms with Gasteiger partial charge in [-0.25, -0.2) is 14.6 Å². The Kier molecular flexibility index (Phi) is 4.91. The number of nitriles is 1. The second kappa shape index (κ2) is 7.97.